The molecule has 0 aromatic rings. The summed E-state index contributed by atoms with van der Waals surface area (Å²) in [5.41, 5.74) is 0. The van der Waals surface area contributed by atoms with Crippen LogP contribution in [0.15, 0.2) is 0 Å². The summed E-state index contributed by atoms with van der Waals surface area (Å²) < 4.78 is 0. The van der Waals surface area contributed by atoms with Gasteiger partial charge in [0.25, 0.3) is 0 Å². The molecule has 127 valence electrons. The molecule has 0 saturated carbocycles. The molecule has 0 nitrogen and oxygen atoms in total. The second kappa shape index (κ2) is 19.9. The molecule has 0 heterocycles. The van der Waals surface area contributed by atoms with Crippen molar-refractivity contribution in [2.24, 2.45) is 0 Å². The monoisotopic (exact) mass is 350 g/mol. The van der Waals surface area contributed by atoms with Gasteiger partial charge in [0.1, 0.15) is 0 Å². The number of hydrogen-bond donors (Lipinski definition) is 0. The summed E-state index contributed by atoms with van der Waals surface area (Å²) in [5.74, 6) is 0. The van der Waals surface area contributed by atoms with E-state index in [1.165, 1.54) is 77.0 Å². The Morgan fingerprint density at radius 3 is 1.00 bits per heavy atom. The Bertz CT molecular complexity index is 133. The van der Waals surface area contributed by atoms with Crippen LogP contribution in [0.5, 0.6) is 0 Å². The van der Waals surface area contributed by atoms with Crippen molar-refractivity contribution in [3.63, 3.8) is 0 Å². The van der Waals surface area contributed by atoms with Gasteiger partial charge >= 0.3 is 0 Å². The van der Waals surface area contributed by atoms with Gasteiger partial charge in [-0.3, -0.25) is 0 Å². The number of rotatable bonds is 15. The quantitative estimate of drug-likeness (QED) is 0.170. The summed E-state index contributed by atoms with van der Waals surface area (Å²) in [7, 11) is 0.0139. The van der Waals surface area contributed by atoms with Crippen LogP contribution in [0.4, 0.5) is 0 Å². The van der Waals surface area contributed by atoms with Crippen LogP contribution < -0.4 is 0 Å². The van der Waals surface area contributed by atoms with Gasteiger partial charge in [0.2, 0.25) is 0 Å². The molecule has 1 radical (unpaired) electrons. The molecule has 0 aliphatic heterocycles. The third-order valence-electron chi connectivity index (χ3n) is 4.15. The van der Waals surface area contributed by atoms with Gasteiger partial charge in [-0.1, -0.05) is 59.3 Å². The van der Waals surface area contributed by atoms with E-state index in [1.54, 1.807) is 18.5 Å². The normalized spacial score (nSPS) is 10.8. The van der Waals surface area contributed by atoms with Crippen molar-refractivity contribution >= 4 is 7.92 Å². The van der Waals surface area contributed by atoms with Crippen molar-refractivity contribution in [3.05, 3.63) is 0 Å². The van der Waals surface area contributed by atoms with Crippen LogP contribution in [0, 0.1) is 0 Å². The van der Waals surface area contributed by atoms with Crippen LogP contribution in [0.25, 0.3) is 0 Å². The zero-order chi connectivity index (χ0) is 14.2. The van der Waals surface area contributed by atoms with E-state index in [1.807, 2.05) is 0 Å². The summed E-state index contributed by atoms with van der Waals surface area (Å²) in [6.07, 6.45) is 22.4. The summed E-state index contributed by atoms with van der Waals surface area (Å²) in [5, 5.41) is 0. The predicted molar refractivity (Wildman–Crippen MR) is 95.3 cm³/mol. The molecule has 0 bridgehead atoms. The minimum absolute atomic E-state index is 0. The van der Waals surface area contributed by atoms with Crippen molar-refractivity contribution in [1.29, 1.82) is 0 Å². The largest absolute Gasteiger partial charge is 0.0654 e. The molecule has 0 rings (SSSR count). The molecule has 0 aliphatic rings. The maximum absolute atomic E-state index is 2.32. The van der Waals surface area contributed by atoms with E-state index in [0.29, 0.717) is 0 Å². The van der Waals surface area contributed by atoms with E-state index in [0.717, 1.165) is 0 Å². The van der Waals surface area contributed by atoms with Gasteiger partial charge in [0.15, 0.2) is 0 Å². The second-order valence-corrected chi connectivity index (χ2v) is 9.18. The van der Waals surface area contributed by atoms with E-state index >= 15 is 0 Å². The molecule has 20 heavy (non-hydrogen) atoms. The molecule has 0 atom stereocenters. The average molecular weight is 351 g/mol. The average Bonchev–Trinajstić information content (AvgIpc) is 2.43. The molecule has 0 aromatic carbocycles. The summed E-state index contributed by atoms with van der Waals surface area (Å²) in [4.78, 5) is 0. The minimum atomic E-state index is 0. The van der Waals surface area contributed by atoms with E-state index in [2.05, 4.69) is 20.8 Å². The van der Waals surface area contributed by atoms with E-state index in [4.69, 9.17) is 0 Å². The van der Waals surface area contributed by atoms with Crippen LogP contribution in [-0.4, -0.2) is 18.5 Å². The zero-order valence-electron chi connectivity index (χ0n) is 14.4. The van der Waals surface area contributed by atoms with Gasteiger partial charge < -0.3 is 0 Å². The third-order valence-corrected chi connectivity index (χ3v) is 7.33. The van der Waals surface area contributed by atoms with E-state index in [-0.39, 0.29) is 25.0 Å². The van der Waals surface area contributed by atoms with Crippen LogP contribution in [0.1, 0.15) is 97.8 Å². The van der Waals surface area contributed by atoms with Crippen molar-refractivity contribution in [1.82, 2.24) is 0 Å². The molecule has 0 aliphatic carbocycles. The maximum Gasteiger partial charge on any atom is 0.0571 e. The molecule has 0 spiro atoms. The molecule has 0 unspecified atom stereocenters. The van der Waals surface area contributed by atoms with Crippen molar-refractivity contribution in [2.75, 3.05) is 18.5 Å². The Labute approximate surface area is 141 Å². The fraction of sp³-hybridized carbons (Fsp3) is 1.00. The third kappa shape index (κ3) is 17.0. The smallest absolute Gasteiger partial charge is 0.0571 e. The summed E-state index contributed by atoms with van der Waals surface area (Å²) in [6, 6.07) is 0. The first-order valence-electron chi connectivity index (χ1n) is 9.18. The number of unbranched alkanes of at least 4 members (excludes halogenated alkanes) is 9. The summed E-state index contributed by atoms with van der Waals surface area (Å²) in [6.45, 7) is 6.96. The van der Waals surface area contributed by atoms with Gasteiger partial charge in [0.05, 0.1) is 18.5 Å². The summed E-state index contributed by atoms with van der Waals surface area (Å²) >= 11 is 0. The first-order valence-corrected chi connectivity index (χ1v) is 11.3. The Morgan fingerprint density at radius 2 is 0.750 bits per heavy atom. The maximum atomic E-state index is 2.32. The van der Waals surface area contributed by atoms with Crippen molar-refractivity contribution < 1.29 is 17.1 Å². The van der Waals surface area contributed by atoms with Crippen LogP contribution >= 0.6 is 7.92 Å². The molecular weight excluding hydrogens is 311 g/mol. The topological polar surface area (TPSA) is 0 Å². The molecule has 0 saturated heterocycles. The van der Waals surface area contributed by atoms with E-state index < -0.39 is 0 Å². The number of hydrogen-bond acceptors (Lipinski definition) is 0. The molecule has 0 N–H and O–H groups in total. The van der Waals surface area contributed by atoms with Crippen LogP contribution in [0.3, 0.4) is 0 Å². The molecule has 2 heteroatoms. The van der Waals surface area contributed by atoms with Gasteiger partial charge in [-0.25, -0.2) is 0 Å². The van der Waals surface area contributed by atoms with Gasteiger partial charge in [-0.2, -0.15) is 0 Å². The zero-order valence-corrected chi connectivity index (χ0v) is 16.3. The Morgan fingerprint density at radius 1 is 0.450 bits per heavy atom. The minimum Gasteiger partial charge on any atom is -0.0654 e. The molecule has 0 amide bonds. The van der Waals surface area contributed by atoms with Gasteiger partial charge in [-0.05, 0) is 38.5 Å². The standard InChI is InChI=1S/C18H39P.Cu/c1-4-7-10-13-16-19(17-14-11-8-5-2)18-15-12-9-6-3;/h4-18H2,1-3H3;/p+1. The SMILES string of the molecule is CCCCCC[PH+](CCCCCC)CCCCCC.[Cu]. The fourth-order valence-corrected chi connectivity index (χ4v) is 5.78. The van der Waals surface area contributed by atoms with Crippen molar-refractivity contribution in [3.8, 4) is 0 Å². The fourth-order valence-electron chi connectivity index (χ4n) is 2.78. The Kier molecular flexibility index (Phi) is 23.2. The Balaban J connectivity index is 0. The second-order valence-electron chi connectivity index (χ2n) is 6.18. The van der Waals surface area contributed by atoms with Crippen LogP contribution in [-0.2, 0) is 17.1 Å². The first kappa shape index (κ1) is 23.2. The predicted octanol–water partition coefficient (Wildman–Crippen LogP) is 6.94. The van der Waals surface area contributed by atoms with Gasteiger partial charge in [0, 0.05) is 25.0 Å². The van der Waals surface area contributed by atoms with E-state index in [9.17, 15) is 0 Å². The Hall–Kier alpha value is 0.949. The van der Waals surface area contributed by atoms with Gasteiger partial charge in [-0.15, -0.1) is 0 Å². The molecule has 0 fully saturated rings. The van der Waals surface area contributed by atoms with Crippen molar-refractivity contribution in [2.45, 2.75) is 97.8 Å². The van der Waals surface area contributed by atoms with Crippen LogP contribution in [0.2, 0.25) is 0 Å². The first-order chi connectivity index (χ1) is 9.35. The molecular formula is C18H40CuP+. The molecule has 0 aromatic heterocycles.